The Labute approximate surface area is 146 Å². The molecule has 0 aliphatic carbocycles. The molecule has 1 fully saturated rings. The Kier molecular flexibility index (Phi) is 4.10. The number of aliphatic hydroxyl groups excluding tert-OH is 1. The van der Waals surface area contributed by atoms with Gasteiger partial charge in [-0.15, -0.1) is 0 Å². The second-order valence-electron chi connectivity index (χ2n) is 7.53. The topological polar surface area (TPSA) is 53.7 Å². The molecule has 4 heteroatoms. The van der Waals surface area contributed by atoms with E-state index < -0.39 is 0 Å². The van der Waals surface area contributed by atoms with Crippen LogP contribution in [0.15, 0.2) is 51.7 Å². The molecular weight excluding hydrogens is 314 g/mol. The van der Waals surface area contributed by atoms with Crippen molar-refractivity contribution in [1.29, 1.82) is 0 Å². The number of rotatable bonds is 3. The molecule has 1 aliphatic rings. The van der Waals surface area contributed by atoms with Crippen molar-refractivity contribution >= 4 is 21.7 Å². The molecule has 0 bridgehead atoms. The minimum Gasteiger partial charge on any atom is -0.423 e. The molecule has 2 aromatic carbocycles. The summed E-state index contributed by atoms with van der Waals surface area (Å²) in [6.07, 6.45) is 2.11. The van der Waals surface area contributed by atoms with Gasteiger partial charge in [0.1, 0.15) is 5.58 Å². The van der Waals surface area contributed by atoms with E-state index in [4.69, 9.17) is 4.42 Å². The highest BCUT2D eigenvalue weighted by Gasteiger charge is 2.30. The maximum absolute atomic E-state index is 12.0. The van der Waals surface area contributed by atoms with Crippen molar-refractivity contribution in [1.82, 2.24) is 4.90 Å². The van der Waals surface area contributed by atoms with Crippen molar-refractivity contribution in [3.05, 3.63) is 58.4 Å². The predicted molar refractivity (Wildman–Crippen MR) is 99.7 cm³/mol. The zero-order valence-electron chi connectivity index (χ0n) is 14.5. The molecule has 1 N–H and O–H groups in total. The van der Waals surface area contributed by atoms with E-state index in [9.17, 15) is 9.90 Å². The third-order valence-corrected chi connectivity index (χ3v) is 5.35. The molecule has 1 unspecified atom stereocenters. The molecule has 0 radical (unpaired) electrons. The lowest BCUT2D eigenvalue weighted by atomic mass is 9.82. The van der Waals surface area contributed by atoms with Crippen LogP contribution in [0.3, 0.4) is 0 Å². The van der Waals surface area contributed by atoms with Gasteiger partial charge < -0.3 is 9.52 Å². The van der Waals surface area contributed by atoms with E-state index in [-0.39, 0.29) is 17.6 Å². The van der Waals surface area contributed by atoms with Crippen molar-refractivity contribution in [2.75, 3.05) is 19.7 Å². The average Bonchev–Trinajstić information content (AvgIpc) is 2.61. The smallest absolute Gasteiger partial charge is 0.336 e. The number of likely N-dealkylation sites (tertiary alicyclic amines) is 1. The van der Waals surface area contributed by atoms with Gasteiger partial charge in [0.2, 0.25) is 0 Å². The van der Waals surface area contributed by atoms with Crippen LogP contribution in [0.5, 0.6) is 0 Å². The molecule has 1 aromatic heterocycles. The summed E-state index contributed by atoms with van der Waals surface area (Å²) < 4.78 is 5.45. The Hall–Kier alpha value is -2.17. The summed E-state index contributed by atoms with van der Waals surface area (Å²) in [6, 6.07) is 13.7. The highest BCUT2D eigenvalue weighted by Crippen LogP contribution is 2.32. The molecule has 1 atom stereocenters. The molecule has 4 nitrogen and oxygen atoms in total. The van der Waals surface area contributed by atoms with Gasteiger partial charge in [-0.05, 0) is 41.8 Å². The summed E-state index contributed by atoms with van der Waals surface area (Å²) in [5, 5.41) is 13.0. The number of hydrogen-bond acceptors (Lipinski definition) is 4. The van der Waals surface area contributed by atoms with Gasteiger partial charge >= 0.3 is 5.63 Å². The Bertz CT molecular complexity index is 978. The third kappa shape index (κ3) is 3.08. The van der Waals surface area contributed by atoms with Gasteiger partial charge in [0, 0.05) is 36.6 Å². The van der Waals surface area contributed by atoms with Crippen molar-refractivity contribution < 1.29 is 9.52 Å². The lowest BCUT2D eigenvalue weighted by Crippen LogP contribution is -2.43. The normalized spacial score (nSPS) is 21.8. The zero-order valence-corrected chi connectivity index (χ0v) is 14.5. The largest absolute Gasteiger partial charge is 0.423 e. The Morgan fingerprint density at radius 3 is 2.92 bits per heavy atom. The molecular formula is C21H23NO3. The highest BCUT2D eigenvalue weighted by molar-refractivity contribution is 6.07. The molecule has 0 saturated carbocycles. The van der Waals surface area contributed by atoms with E-state index in [1.54, 1.807) is 6.07 Å². The van der Waals surface area contributed by atoms with Crippen molar-refractivity contribution in [3.8, 4) is 0 Å². The lowest BCUT2D eigenvalue weighted by molar-refractivity contribution is 0.0431. The van der Waals surface area contributed by atoms with Gasteiger partial charge in [-0.25, -0.2) is 4.79 Å². The van der Waals surface area contributed by atoms with Crippen LogP contribution in [-0.2, 0) is 6.54 Å². The number of benzene rings is 2. The van der Waals surface area contributed by atoms with Crippen LogP contribution in [0, 0.1) is 5.41 Å². The van der Waals surface area contributed by atoms with Crippen LogP contribution in [0.2, 0.25) is 0 Å². The van der Waals surface area contributed by atoms with E-state index in [1.807, 2.05) is 24.3 Å². The first kappa shape index (κ1) is 16.3. The molecule has 4 rings (SSSR count). The van der Waals surface area contributed by atoms with Crippen LogP contribution in [-0.4, -0.2) is 29.7 Å². The molecule has 130 valence electrons. The Balaban J connectivity index is 1.81. The van der Waals surface area contributed by atoms with Gasteiger partial charge in [0.25, 0.3) is 0 Å². The minimum absolute atomic E-state index is 0.0599. The molecule has 0 spiro atoms. The average molecular weight is 337 g/mol. The monoisotopic (exact) mass is 337 g/mol. The number of hydrogen-bond donors (Lipinski definition) is 1. The fraction of sp³-hybridized carbons (Fsp3) is 0.381. The van der Waals surface area contributed by atoms with Crippen LogP contribution in [0.25, 0.3) is 21.7 Å². The van der Waals surface area contributed by atoms with Crippen molar-refractivity contribution in [2.45, 2.75) is 26.3 Å². The van der Waals surface area contributed by atoms with E-state index in [0.717, 1.165) is 47.7 Å². The van der Waals surface area contributed by atoms with Crippen LogP contribution in [0.4, 0.5) is 0 Å². The number of piperidine rings is 1. The van der Waals surface area contributed by atoms with E-state index in [1.165, 1.54) is 0 Å². The molecule has 3 aromatic rings. The summed E-state index contributed by atoms with van der Waals surface area (Å²) in [6.45, 7) is 4.86. The number of aliphatic hydroxyl groups is 1. The molecule has 2 heterocycles. The first-order valence-corrected chi connectivity index (χ1v) is 8.86. The maximum Gasteiger partial charge on any atom is 0.336 e. The lowest BCUT2D eigenvalue weighted by Gasteiger charge is -2.39. The summed E-state index contributed by atoms with van der Waals surface area (Å²) >= 11 is 0. The molecule has 1 aliphatic heterocycles. The second-order valence-corrected chi connectivity index (χ2v) is 7.53. The SMILES string of the molecule is CC1(CO)CCCN(Cc2cc(=O)oc3ccc4ccccc4c23)C1. The van der Waals surface area contributed by atoms with Gasteiger partial charge in [-0.1, -0.05) is 37.3 Å². The van der Waals surface area contributed by atoms with E-state index >= 15 is 0 Å². The predicted octanol–water partition coefficient (Wildman–Crippen LogP) is 3.54. The zero-order chi connectivity index (χ0) is 17.4. The van der Waals surface area contributed by atoms with Gasteiger partial charge in [0.05, 0.1) is 0 Å². The van der Waals surface area contributed by atoms with Crippen LogP contribution in [0.1, 0.15) is 25.3 Å². The fourth-order valence-corrected chi connectivity index (χ4v) is 4.08. The Morgan fingerprint density at radius 1 is 1.24 bits per heavy atom. The first-order valence-electron chi connectivity index (χ1n) is 8.86. The second kappa shape index (κ2) is 6.28. The summed E-state index contributed by atoms with van der Waals surface area (Å²) in [5.41, 5.74) is 1.28. The third-order valence-electron chi connectivity index (χ3n) is 5.35. The molecule has 0 amide bonds. The van der Waals surface area contributed by atoms with Gasteiger partial charge in [-0.3, -0.25) is 4.90 Å². The number of nitrogens with zero attached hydrogens (tertiary/aromatic N) is 1. The van der Waals surface area contributed by atoms with Crippen LogP contribution >= 0.6 is 0 Å². The summed E-state index contributed by atoms with van der Waals surface area (Å²) in [4.78, 5) is 14.4. The van der Waals surface area contributed by atoms with Crippen molar-refractivity contribution in [3.63, 3.8) is 0 Å². The van der Waals surface area contributed by atoms with Crippen molar-refractivity contribution in [2.24, 2.45) is 5.41 Å². The summed E-state index contributed by atoms with van der Waals surface area (Å²) in [5.74, 6) is 0. The molecule has 1 saturated heterocycles. The maximum atomic E-state index is 12.0. The first-order chi connectivity index (χ1) is 12.1. The quantitative estimate of drug-likeness (QED) is 0.587. The Morgan fingerprint density at radius 2 is 2.08 bits per heavy atom. The minimum atomic E-state index is -0.306. The van der Waals surface area contributed by atoms with Gasteiger partial charge in [0.15, 0.2) is 0 Å². The highest BCUT2D eigenvalue weighted by atomic mass is 16.4. The molecule has 25 heavy (non-hydrogen) atoms. The van der Waals surface area contributed by atoms with E-state index in [2.05, 4.69) is 24.0 Å². The standard InChI is InChI=1S/C21H23NO3/c1-21(14-23)9-4-10-22(13-21)12-16-11-19(24)25-18-8-7-15-5-2-3-6-17(15)20(16)18/h2-3,5-8,11,23H,4,9-10,12-14H2,1H3. The van der Waals surface area contributed by atoms with E-state index in [0.29, 0.717) is 12.1 Å². The fourth-order valence-electron chi connectivity index (χ4n) is 4.08. The summed E-state index contributed by atoms with van der Waals surface area (Å²) in [7, 11) is 0. The number of fused-ring (bicyclic) bond motifs is 3. The van der Waals surface area contributed by atoms with Crippen LogP contribution < -0.4 is 5.63 Å². The van der Waals surface area contributed by atoms with Gasteiger partial charge in [-0.2, -0.15) is 0 Å².